The Hall–Kier alpha value is -2.30. The molecule has 0 aliphatic rings. The van der Waals surface area contributed by atoms with Crippen molar-refractivity contribution in [3.63, 3.8) is 0 Å². The summed E-state index contributed by atoms with van der Waals surface area (Å²) in [5.41, 5.74) is 0.584. The van der Waals surface area contributed by atoms with Gasteiger partial charge in [-0.25, -0.2) is 0 Å². The topological polar surface area (TPSA) is 79.5 Å². The molecule has 0 atom stereocenters. The molecular weight excluding hydrogens is 222 g/mol. The van der Waals surface area contributed by atoms with Crippen LogP contribution in [0.4, 0.5) is 0 Å². The summed E-state index contributed by atoms with van der Waals surface area (Å²) in [6, 6.07) is 6.46. The minimum atomic E-state index is -1.00. The maximum absolute atomic E-state index is 11.8. The van der Waals surface area contributed by atoms with Crippen molar-refractivity contribution < 1.29 is 19.8 Å². The third-order valence-electron chi connectivity index (χ3n) is 2.50. The highest BCUT2D eigenvalue weighted by Crippen LogP contribution is 2.21. The number of carbonyl (C=O) groups is 2. The van der Waals surface area contributed by atoms with Gasteiger partial charge in [0.1, 0.15) is 5.75 Å². The molecule has 1 heterocycles. The van der Waals surface area contributed by atoms with Gasteiger partial charge in [-0.2, -0.15) is 0 Å². The van der Waals surface area contributed by atoms with Crippen molar-refractivity contribution in [2.24, 2.45) is 0 Å². The SMILES string of the molecule is O=C(O)CCC(=O)n1ccc2ccc(O)cc21. The Bertz CT molecular complexity index is 585. The third-order valence-corrected chi connectivity index (χ3v) is 2.50. The zero-order valence-corrected chi connectivity index (χ0v) is 8.96. The molecule has 88 valence electrons. The molecule has 1 aromatic carbocycles. The van der Waals surface area contributed by atoms with Crippen molar-refractivity contribution in [3.8, 4) is 5.75 Å². The van der Waals surface area contributed by atoms with Gasteiger partial charge in [0.15, 0.2) is 0 Å². The summed E-state index contributed by atoms with van der Waals surface area (Å²) in [6.45, 7) is 0. The zero-order chi connectivity index (χ0) is 12.4. The van der Waals surface area contributed by atoms with Crippen molar-refractivity contribution in [2.75, 3.05) is 0 Å². The number of carboxylic acid groups (broad SMARTS) is 1. The molecular formula is C12H11NO4. The smallest absolute Gasteiger partial charge is 0.303 e. The number of rotatable bonds is 3. The van der Waals surface area contributed by atoms with Crippen LogP contribution in [-0.2, 0) is 4.79 Å². The number of phenols is 1. The standard InChI is InChI=1S/C12H11NO4/c14-9-2-1-8-5-6-13(10(8)7-9)11(15)3-4-12(16)17/h1-2,5-7,14H,3-4H2,(H,16,17). The van der Waals surface area contributed by atoms with Gasteiger partial charge in [-0.15, -0.1) is 0 Å². The average Bonchev–Trinajstić information content (AvgIpc) is 2.68. The number of hydrogen-bond donors (Lipinski definition) is 2. The van der Waals surface area contributed by atoms with Gasteiger partial charge in [-0.1, -0.05) is 0 Å². The zero-order valence-electron chi connectivity index (χ0n) is 8.96. The van der Waals surface area contributed by atoms with Crippen molar-refractivity contribution >= 4 is 22.8 Å². The summed E-state index contributed by atoms with van der Waals surface area (Å²) < 4.78 is 1.36. The molecule has 5 nitrogen and oxygen atoms in total. The molecule has 0 amide bonds. The first-order valence-electron chi connectivity index (χ1n) is 5.13. The van der Waals surface area contributed by atoms with Crippen LogP contribution in [0.25, 0.3) is 10.9 Å². The van der Waals surface area contributed by atoms with E-state index in [1.807, 2.05) is 0 Å². The molecule has 2 aromatic rings. The van der Waals surface area contributed by atoms with E-state index in [9.17, 15) is 14.7 Å². The highest BCUT2D eigenvalue weighted by molar-refractivity contribution is 5.94. The highest BCUT2D eigenvalue weighted by Gasteiger charge is 2.11. The van der Waals surface area contributed by atoms with E-state index in [0.717, 1.165) is 5.39 Å². The van der Waals surface area contributed by atoms with Crippen LogP contribution in [0.15, 0.2) is 30.5 Å². The van der Waals surface area contributed by atoms with Gasteiger partial charge in [0, 0.05) is 24.1 Å². The van der Waals surface area contributed by atoms with Gasteiger partial charge >= 0.3 is 5.97 Å². The summed E-state index contributed by atoms with van der Waals surface area (Å²) in [4.78, 5) is 22.1. The summed E-state index contributed by atoms with van der Waals surface area (Å²) in [6.07, 6.45) is 1.32. The van der Waals surface area contributed by atoms with Gasteiger partial charge in [0.2, 0.25) is 5.91 Å². The predicted molar refractivity (Wildman–Crippen MR) is 61.1 cm³/mol. The number of aliphatic carboxylic acids is 1. The normalized spacial score (nSPS) is 10.6. The molecule has 17 heavy (non-hydrogen) atoms. The fraction of sp³-hybridized carbons (Fsp3) is 0.167. The lowest BCUT2D eigenvalue weighted by molar-refractivity contribution is -0.136. The van der Waals surface area contributed by atoms with Crippen molar-refractivity contribution in [2.45, 2.75) is 12.8 Å². The molecule has 2 N–H and O–H groups in total. The number of benzene rings is 1. The molecule has 0 spiro atoms. The summed E-state index contributed by atoms with van der Waals surface area (Å²) in [5, 5.41) is 18.7. The van der Waals surface area contributed by atoms with Crippen LogP contribution >= 0.6 is 0 Å². The van der Waals surface area contributed by atoms with Crippen LogP contribution in [0.1, 0.15) is 17.6 Å². The quantitative estimate of drug-likeness (QED) is 0.847. The van der Waals surface area contributed by atoms with Crippen LogP contribution < -0.4 is 0 Å². The fourth-order valence-electron chi connectivity index (χ4n) is 1.67. The van der Waals surface area contributed by atoms with E-state index >= 15 is 0 Å². The van der Waals surface area contributed by atoms with E-state index in [-0.39, 0.29) is 24.5 Å². The van der Waals surface area contributed by atoms with Crippen molar-refractivity contribution in [3.05, 3.63) is 30.5 Å². The molecule has 0 bridgehead atoms. The number of phenolic OH excluding ortho intramolecular Hbond substituents is 1. The summed E-state index contributed by atoms with van der Waals surface area (Å²) >= 11 is 0. The van der Waals surface area contributed by atoms with Crippen molar-refractivity contribution in [1.29, 1.82) is 0 Å². The van der Waals surface area contributed by atoms with Crippen molar-refractivity contribution in [1.82, 2.24) is 4.57 Å². The Morgan fingerprint density at radius 2 is 1.94 bits per heavy atom. The van der Waals surface area contributed by atoms with E-state index in [2.05, 4.69) is 0 Å². The first kappa shape index (κ1) is 11.2. The second-order valence-electron chi connectivity index (χ2n) is 3.72. The number of nitrogens with zero attached hydrogens (tertiary/aromatic N) is 1. The molecule has 0 saturated carbocycles. The third kappa shape index (κ3) is 2.28. The second-order valence-corrected chi connectivity index (χ2v) is 3.72. The van der Waals surface area contributed by atoms with Gasteiger partial charge < -0.3 is 10.2 Å². The minimum absolute atomic E-state index is 0.0607. The van der Waals surface area contributed by atoms with E-state index in [1.54, 1.807) is 18.3 Å². The fourth-order valence-corrected chi connectivity index (χ4v) is 1.67. The van der Waals surface area contributed by atoms with Crippen LogP contribution in [0.2, 0.25) is 0 Å². The summed E-state index contributed by atoms with van der Waals surface area (Å²) in [7, 11) is 0. The van der Waals surface area contributed by atoms with Crippen LogP contribution in [0.3, 0.4) is 0 Å². The molecule has 0 aliphatic heterocycles. The number of aromatic nitrogens is 1. The van der Waals surface area contributed by atoms with E-state index in [1.165, 1.54) is 16.7 Å². The maximum atomic E-state index is 11.8. The molecule has 0 saturated heterocycles. The van der Waals surface area contributed by atoms with Gasteiger partial charge in [-0.05, 0) is 18.2 Å². The van der Waals surface area contributed by atoms with Gasteiger partial charge in [-0.3, -0.25) is 14.2 Å². The Kier molecular flexibility index (Phi) is 2.82. The molecule has 1 aromatic heterocycles. The number of carboxylic acids is 1. The number of carbonyl (C=O) groups excluding carboxylic acids is 1. The predicted octanol–water partition coefficient (Wildman–Crippen LogP) is 1.85. The minimum Gasteiger partial charge on any atom is -0.508 e. The molecule has 0 aliphatic carbocycles. The highest BCUT2D eigenvalue weighted by atomic mass is 16.4. The van der Waals surface area contributed by atoms with Crippen LogP contribution in [-0.4, -0.2) is 26.7 Å². The lowest BCUT2D eigenvalue weighted by atomic mass is 10.2. The lowest BCUT2D eigenvalue weighted by Crippen LogP contribution is -2.11. The Balaban J connectivity index is 2.32. The lowest BCUT2D eigenvalue weighted by Gasteiger charge is -2.03. The molecule has 5 heteroatoms. The van der Waals surface area contributed by atoms with Crippen LogP contribution in [0.5, 0.6) is 5.75 Å². The number of aromatic hydroxyl groups is 1. The Morgan fingerprint density at radius 3 is 2.65 bits per heavy atom. The second kappa shape index (κ2) is 4.29. The van der Waals surface area contributed by atoms with Gasteiger partial charge in [0.05, 0.1) is 11.9 Å². The Morgan fingerprint density at radius 1 is 1.18 bits per heavy atom. The summed E-state index contributed by atoms with van der Waals surface area (Å²) in [5.74, 6) is -1.23. The monoisotopic (exact) mass is 233 g/mol. The molecule has 2 rings (SSSR count). The number of hydrogen-bond acceptors (Lipinski definition) is 3. The van der Waals surface area contributed by atoms with Crippen LogP contribution in [0, 0.1) is 0 Å². The molecule has 0 radical (unpaired) electrons. The average molecular weight is 233 g/mol. The van der Waals surface area contributed by atoms with E-state index in [4.69, 9.17) is 5.11 Å². The van der Waals surface area contributed by atoms with E-state index in [0.29, 0.717) is 5.52 Å². The Labute approximate surface area is 96.9 Å². The first-order chi connectivity index (χ1) is 8.08. The van der Waals surface area contributed by atoms with Gasteiger partial charge in [0.25, 0.3) is 0 Å². The number of fused-ring (bicyclic) bond motifs is 1. The maximum Gasteiger partial charge on any atom is 0.303 e. The first-order valence-corrected chi connectivity index (χ1v) is 5.13. The molecule has 0 fully saturated rings. The largest absolute Gasteiger partial charge is 0.508 e. The molecule has 0 unspecified atom stereocenters. The van der Waals surface area contributed by atoms with E-state index < -0.39 is 5.97 Å².